The number of para-hydroxylation sites is 1. The fourth-order valence-electron chi connectivity index (χ4n) is 2.17. The Labute approximate surface area is 111 Å². The third-order valence-electron chi connectivity index (χ3n) is 3.12. The van der Waals surface area contributed by atoms with Crippen LogP contribution in [0.15, 0.2) is 48.0 Å². The average molecular weight is 256 g/mol. The van der Waals surface area contributed by atoms with Gasteiger partial charge in [0.2, 0.25) is 0 Å². The second-order valence-corrected chi connectivity index (χ2v) is 5.40. The van der Waals surface area contributed by atoms with Crippen molar-refractivity contribution in [2.24, 2.45) is 0 Å². The average Bonchev–Trinajstić information content (AvgIpc) is 3.04. The minimum atomic E-state index is 0.926. The zero-order valence-corrected chi connectivity index (χ0v) is 11.0. The van der Waals surface area contributed by atoms with E-state index in [4.69, 9.17) is 0 Å². The van der Waals surface area contributed by atoms with E-state index in [2.05, 4.69) is 58.3 Å². The maximum absolute atomic E-state index is 3.50. The Kier molecular flexibility index (Phi) is 3.44. The van der Waals surface area contributed by atoms with Crippen molar-refractivity contribution in [2.45, 2.75) is 13.0 Å². The fraction of sp³-hybridized carbons (Fsp3) is 0.200. The van der Waals surface area contributed by atoms with Gasteiger partial charge in [0.05, 0.1) is 0 Å². The second-order valence-electron chi connectivity index (χ2n) is 4.37. The Balaban J connectivity index is 1.57. The van der Waals surface area contributed by atoms with Crippen molar-refractivity contribution < 1.29 is 0 Å². The normalized spacial score (nSPS) is 11.1. The molecule has 0 spiro atoms. The smallest absolute Gasteiger partial charge is 0.0457 e. The van der Waals surface area contributed by atoms with E-state index in [1.807, 2.05) is 11.3 Å². The minimum absolute atomic E-state index is 0.926. The SMILES string of the molecule is c1csc(CCNCc2c[nH]c3ccccc23)c1. The topological polar surface area (TPSA) is 27.8 Å². The minimum Gasteiger partial charge on any atom is -0.361 e. The molecule has 2 N–H and O–H groups in total. The first-order chi connectivity index (χ1) is 8.93. The lowest BCUT2D eigenvalue weighted by molar-refractivity contribution is 0.693. The van der Waals surface area contributed by atoms with Crippen molar-refractivity contribution in [1.82, 2.24) is 10.3 Å². The van der Waals surface area contributed by atoms with Gasteiger partial charge in [0.25, 0.3) is 0 Å². The lowest BCUT2D eigenvalue weighted by atomic mass is 10.2. The molecular formula is C15H16N2S. The van der Waals surface area contributed by atoms with Gasteiger partial charge in [-0.05, 0) is 29.5 Å². The van der Waals surface area contributed by atoms with Crippen LogP contribution in [0.3, 0.4) is 0 Å². The van der Waals surface area contributed by atoms with Crippen LogP contribution < -0.4 is 5.32 Å². The predicted octanol–water partition coefficient (Wildman–Crippen LogP) is 3.56. The summed E-state index contributed by atoms with van der Waals surface area (Å²) >= 11 is 1.83. The highest BCUT2D eigenvalue weighted by atomic mass is 32.1. The third-order valence-corrected chi connectivity index (χ3v) is 4.05. The number of benzene rings is 1. The molecule has 0 unspecified atom stereocenters. The zero-order valence-electron chi connectivity index (χ0n) is 10.1. The first-order valence-corrected chi connectivity index (χ1v) is 7.09. The number of aromatic amines is 1. The van der Waals surface area contributed by atoms with Crippen LogP contribution in [-0.2, 0) is 13.0 Å². The summed E-state index contributed by atoms with van der Waals surface area (Å²) in [5, 5.41) is 6.96. The maximum atomic E-state index is 3.50. The monoisotopic (exact) mass is 256 g/mol. The zero-order chi connectivity index (χ0) is 12.2. The van der Waals surface area contributed by atoms with E-state index in [1.54, 1.807) is 0 Å². The summed E-state index contributed by atoms with van der Waals surface area (Å²) in [4.78, 5) is 4.75. The molecule has 1 aromatic carbocycles. The van der Waals surface area contributed by atoms with Crippen molar-refractivity contribution in [2.75, 3.05) is 6.54 Å². The number of hydrogen-bond donors (Lipinski definition) is 2. The molecule has 0 aliphatic heterocycles. The summed E-state index contributed by atoms with van der Waals surface area (Å²) < 4.78 is 0. The molecule has 0 saturated carbocycles. The Morgan fingerprint density at radius 3 is 2.94 bits per heavy atom. The van der Waals surface area contributed by atoms with Gasteiger partial charge in [0, 0.05) is 35.1 Å². The molecule has 0 aliphatic carbocycles. The van der Waals surface area contributed by atoms with Crippen molar-refractivity contribution in [3.63, 3.8) is 0 Å². The van der Waals surface area contributed by atoms with Crippen LogP contribution in [0.4, 0.5) is 0 Å². The molecule has 0 saturated heterocycles. The molecule has 2 nitrogen and oxygen atoms in total. The molecule has 2 heterocycles. The largest absolute Gasteiger partial charge is 0.361 e. The van der Waals surface area contributed by atoms with Gasteiger partial charge in [-0.15, -0.1) is 11.3 Å². The predicted molar refractivity (Wildman–Crippen MR) is 78.0 cm³/mol. The first kappa shape index (κ1) is 11.5. The van der Waals surface area contributed by atoms with E-state index in [0.717, 1.165) is 19.5 Å². The number of thiophene rings is 1. The molecule has 0 aliphatic rings. The Hall–Kier alpha value is -1.58. The lowest BCUT2D eigenvalue weighted by Gasteiger charge is -2.02. The molecular weight excluding hydrogens is 240 g/mol. The molecule has 3 rings (SSSR count). The van der Waals surface area contributed by atoms with Crippen molar-refractivity contribution in [3.8, 4) is 0 Å². The van der Waals surface area contributed by atoms with Gasteiger partial charge in [-0.3, -0.25) is 0 Å². The first-order valence-electron chi connectivity index (χ1n) is 6.21. The van der Waals surface area contributed by atoms with Gasteiger partial charge in [-0.25, -0.2) is 0 Å². The maximum Gasteiger partial charge on any atom is 0.0457 e. The van der Waals surface area contributed by atoms with Crippen LogP contribution in [0.25, 0.3) is 10.9 Å². The summed E-state index contributed by atoms with van der Waals surface area (Å²) in [6, 6.07) is 12.7. The molecule has 92 valence electrons. The molecule has 0 bridgehead atoms. The fourth-order valence-corrected chi connectivity index (χ4v) is 2.88. The third kappa shape index (κ3) is 2.47. The number of H-pyrrole nitrogens is 1. The Morgan fingerprint density at radius 1 is 1.11 bits per heavy atom. The quantitative estimate of drug-likeness (QED) is 0.671. The van der Waals surface area contributed by atoms with E-state index in [0.29, 0.717) is 0 Å². The van der Waals surface area contributed by atoms with Crippen LogP contribution in [0.2, 0.25) is 0 Å². The molecule has 18 heavy (non-hydrogen) atoms. The molecule has 0 fully saturated rings. The molecule has 0 radical (unpaired) electrons. The number of fused-ring (bicyclic) bond motifs is 1. The molecule has 2 aromatic heterocycles. The molecule has 3 heteroatoms. The van der Waals surface area contributed by atoms with Crippen LogP contribution in [0.1, 0.15) is 10.4 Å². The summed E-state index contributed by atoms with van der Waals surface area (Å²) in [5.41, 5.74) is 2.56. The molecule has 0 atom stereocenters. The van der Waals surface area contributed by atoms with Crippen molar-refractivity contribution >= 4 is 22.2 Å². The number of aromatic nitrogens is 1. The van der Waals surface area contributed by atoms with Gasteiger partial charge in [0.15, 0.2) is 0 Å². The van der Waals surface area contributed by atoms with E-state index in [9.17, 15) is 0 Å². The van der Waals surface area contributed by atoms with Crippen LogP contribution >= 0.6 is 11.3 Å². The Bertz CT molecular complexity index is 610. The molecule has 3 aromatic rings. The van der Waals surface area contributed by atoms with Crippen LogP contribution in [0, 0.1) is 0 Å². The van der Waals surface area contributed by atoms with E-state index < -0.39 is 0 Å². The van der Waals surface area contributed by atoms with E-state index >= 15 is 0 Å². The second kappa shape index (κ2) is 5.38. The summed E-state index contributed by atoms with van der Waals surface area (Å²) in [5.74, 6) is 0. The molecule has 0 amide bonds. The van der Waals surface area contributed by atoms with Crippen molar-refractivity contribution in [1.29, 1.82) is 0 Å². The standard InChI is InChI=1S/C15H16N2S/c1-2-6-15-14(5-1)12(11-17-15)10-16-8-7-13-4-3-9-18-13/h1-6,9,11,16-17H,7-8,10H2. The number of nitrogens with one attached hydrogen (secondary N) is 2. The highest BCUT2D eigenvalue weighted by molar-refractivity contribution is 7.09. The highest BCUT2D eigenvalue weighted by Crippen LogP contribution is 2.17. The lowest BCUT2D eigenvalue weighted by Crippen LogP contribution is -2.15. The van der Waals surface area contributed by atoms with E-state index in [1.165, 1.54) is 21.3 Å². The summed E-state index contributed by atoms with van der Waals surface area (Å²) in [6.45, 7) is 1.95. The highest BCUT2D eigenvalue weighted by Gasteiger charge is 2.01. The van der Waals surface area contributed by atoms with Gasteiger partial charge >= 0.3 is 0 Å². The van der Waals surface area contributed by atoms with Gasteiger partial charge in [-0.1, -0.05) is 24.3 Å². The summed E-state index contributed by atoms with van der Waals surface area (Å²) in [7, 11) is 0. The summed E-state index contributed by atoms with van der Waals surface area (Å²) in [6.07, 6.45) is 3.21. The van der Waals surface area contributed by atoms with Gasteiger partial charge < -0.3 is 10.3 Å². The van der Waals surface area contributed by atoms with Crippen LogP contribution in [-0.4, -0.2) is 11.5 Å². The van der Waals surface area contributed by atoms with E-state index in [-0.39, 0.29) is 0 Å². The van der Waals surface area contributed by atoms with Gasteiger partial charge in [-0.2, -0.15) is 0 Å². The number of hydrogen-bond acceptors (Lipinski definition) is 2. The van der Waals surface area contributed by atoms with Gasteiger partial charge in [0.1, 0.15) is 0 Å². The van der Waals surface area contributed by atoms with Crippen molar-refractivity contribution in [3.05, 3.63) is 58.4 Å². The Morgan fingerprint density at radius 2 is 2.06 bits per heavy atom. The number of rotatable bonds is 5. The van der Waals surface area contributed by atoms with Crippen LogP contribution in [0.5, 0.6) is 0 Å².